The molecule has 0 fully saturated rings. The van der Waals surface area contributed by atoms with Crippen molar-refractivity contribution in [3.05, 3.63) is 0 Å². The van der Waals surface area contributed by atoms with E-state index in [1.807, 2.05) is 0 Å². The molecule has 0 heterocycles. The van der Waals surface area contributed by atoms with E-state index in [9.17, 15) is 0 Å². The fourth-order valence-corrected chi connectivity index (χ4v) is 1.05. The van der Waals surface area contributed by atoms with Gasteiger partial charge in [0.2, 0.25) is 0 Å². The lowest BCUT2D eigenvalue weighted by molar-refractivity contribution is 0.165. The predicted molar refractivity (Wildman–Crippen MR) is 47.5 cm³/mol. The van der Waals surface area contributed by atoms with E-state index >= 15 is 0 Å². The summed E-state index contributed by atoms with van der Waals surface area (Å²) in [5.41, 5.74) is 5.38. The standard InChI is InChI=1S/C8H20N2O/c1-8(2)10(6-7-11)5-3-4-9/h8,11H,3-7,9H2,1-2H3. The Labute approximate surface area is 69.2 Å². The van der Waals surface area contributed by atoms with Gasteiger partial charge in [-0.25, -0.2) is 0 Å². The summed E-state index contributed by atoms with van der Waals surface area (Å²) >= 11 is 0. The Morgan fingerprint density at radius 1 is 1.36 bits per heavy atom. The van der Waals surface area contributed by atoms with Gasteiger partial charge in [0.1, 0.15) is 0 Å². The quantitative estimate of drug-likeness (QED) is 0.576. The maximum absolute atomic E-state index is 8.71. The molecule has 0 radical (unpaired) electrons. The lowest BCUT2D eigenvalue weighted by Crippen LogP contribution is -2.35. The fraction of sp³-hybridized carbons (Fsp3) is 1.00. The minimum atomic E-state index is 0.239. The van der Waals surface area contributed by atoms with Gasteiger partial charge in [-0.15, -0.1) is 0 Å². The second kappa shape index (κ2) is 6.58. The second-order valence-corrected chi connectivity index (χ2v) is 3.00. The van der Waals surface area contributed by atoms with E-state index in [0.29, 0.717) is 6.04 Å². The molecule has 0 bridgehead atoms. The van der Waals surface area contributed by atoms with E-state index in [1.54, 1.807) is 0 Å². The maximum Gasteiger partial charge on any atom is 0.0558 e. The normalized spacial score (nSPS) is 11.5. The van der Waals surface area contributed by atoms with Crippen molar-refractivity contribution in [2.45, 2.75) is 26.3 Å². The van der Waals surface area contributed by atoms with Crippen molar-refractivity contribution in [1.29, 1.82) is 0 Å². The number of hydrogen-bond acceptors (Lipinski definition) is 3. The van der Waals surface area contributed by atoms with E-state index in [0.717, 1.165) is 26.1 Å². The monoisotopic (exact) mass is 160 g/mol. The number of nitrogens with zero attached hydrogens (tertiary/aromatic N) is 1. The van der Waals surface area contributed by atoms with Gasteiger partial charge >= 0.3 is 0 Å². The SMILES string of the molecule is CC(C)N(CCO)CCCN. The first-order chi connectivity index (χ1) is 5.22. The first kappa shape index (κ1) is 10.9. The van der Waals surface area contributed by atoms with Gasteiger partial charge in [-0.05, 0) is 33.4 Å². The van der Waals surface area contributed by atoms with E-state index in [-0.39, 0.29) is 6.61 Å². The van der Waals surface area contributed by atoms with E-state index in [1.165, 1.54) is 0 Å². The van der Waals surface area contributed by atoms with Crippen LogP contribution in [0.2, 0.25) is 0 Å². The Hall–Kier alpha value is -0.120. The van der Waals surface area contributed by atoms with Gasteiger partial charge in [0.05, 0.1) is 6.61 Å². The summed E-state index contributed by atoms with van der Waals surface area (Å²) in [6.45, 7) is 6.99. The highest BCUT2D eigenvalue weighted by Crippen LogP contribution is 1.97. The summed E-state index contributed by atoms with van der Waals surface area (Å²) in [7, 11) is 0. The molecule has 0 aromatic rings. The van der Waals surface area contributed by atoms with E-state index < -0.39 is 0 Å². The van der Waals surface area contributed by atoms with Crippen molar-refractivity contribution in [3.63, 3.8) is 0 Å². The lowest BCUT2D eigenvalue weighted by Gasteiger charge is -2.24. The zero-order chi connectivity index (χ0) is 8.69. The molecule has 68 valence electrons. The smallest absolute Gasteiger partial charge is 0.0558 e. The zero-order valence-corrected chi connectivity index (χ0v) is 7.58. The molecule has 0 aliphatic heterocycles. The number of rotatable bonds is 6. The molecule has 11 heavy (non-hydrogen) atoms. The van der Waals surface area contributed by atoms with Gasteiger partial charge in [-0.3, -0.25) is 4.90 Å². The molecule has 3 heteroatoms. The third-order valence-electron chi connectivity index (χ3n) is 1.77. The summed E-state index contributed by atoms with van der Waals surface area (Å²) in [5, 5.41) is 8.71. The highest BCUT2D eigenvalue weighted by molar-refractivity contribution is 4.61. The van der Waals surface area contributed by atoms with Crippen molar-refractivity contribution in [3.8, 4) is 0 Å². The third-order valence-corrected chi connectivity index (χ3v) is 1.77. The van der Waals surface area contributed by atoms with Crippen LogP contribution in [0, 0.1) is 0 Å². The fourth-order valence-electron chi connectivity index (χ4n) is 1.05. The van der Waals surface area contributed by atoms with Crippen LogP contribution < -0.4 is 5.73 Å². The van der Waals surface area contributed by atoms with Crippen LogP contribution in [0.5, 0.6) is 0 Å². The molecule has 0 saturated heterocycles. The Morgan fingerprint density at radius 2 is 2.00 bits per heavy atom. The van der Waals surface area contributed by atoms with Gasteiger partial charge in [-0.1, -0.05) is 0 Å². The molecule has 0 aromatic carbocycles. The average molecular weight is 160 g/mol. The van der Waals surface area contributed by atoms with Gasteiger partial charge < -0.3 is 10.8 Å². The second-order valence-electron chi connectivity index (χ2n) is 3.00. The van der Waals surface area contributed by atoms with Crippen LogP contribution in [-0.4, -0.2) is 42.3 Å². The van der Waals surface area contributed by atoms with Crippen LogP contribution in [0.4, 0.5) is 0 Å². The van der Waals surface area contributed by atoms with Crippen molar-refractivity contribution in [2.24, 2.45) is 5.73 Å². The molecule has 0 rings (SSSR count). The molecule has 3 nitrogen and oxygen atoms in total. The van der Waals surface area contributed by atoms with Gasteiger partial charge in [-0.2, -0.15) is 0 Å². The highest BCUT2D eigenvalue weighted by Gasteiger charge is 2.06. The van der Waals surface area contributed by atoms with Crippen molar-refractivity contribution >= 4 is 0 Å². The highest BCUT2D eigenvalue weighted by atomic mass is 16.3. The summed E-state index contributed by atoms with van der Waals surface area (Å²) in [4.78, 5) is 2.23. The molecule has 3 N–H and O–H groups in total. The molecule has 0 amide bonds. The van der Waals surface area contributed by atoms with Crippen molar-refractivity contribution in [2.75, 3.05) is 26.2 Å². The average Bonchev–Trinajstić information content (AvgIpc) is 1.97. The minimum Gasteiger partial charge on any atom is -0.395 e. The van der Waals surface area contributed by atoms with Crippen LogP contribution in [0.1, 0.15) is 20.3 Å². The number of hydrogen-bond donors (Lipinski definition) is 2. The zero-order valence-electron chi connectivity index (χ0n) is 7.58. The molecular weight excluding hydrogens is 140 g/mol. The van der Waals surface area contributed by atoms with Crippen molar-refractivity contribution < 1.29 is 5.11 Å². The largest absolute Gasteiger partial charge is 0.395 e. The van der Waals surface area contributed by atoms with Crippen molar-refractivity contribution in [1.82, 2.24) is 4.90 Å². The molecular formula is C8H20N2O. The number of aliphatic hydroxyl groups is 1. The molecule has 0 atom stereocenters. The van der Waals surface area contributed by atoms with E-state index in [4.69, 9.17) is 10.8 Å². The van der Waals surface area contributed by atoms with Crippen LogP contribution in [-0.2, 0) is 0 Å². The van der Waals surface area contributed by atoms with Crippen LogP contribution in [0.15, 0.2) is 0 Å². The first-order valence-corrected chi connectivity index (χ1v) is 4.27. The summed E-state index contributed by atoms with van der Waals surface area (Å²) in [6.07, 6.45) is 1.01. The lowest BCUT2D eigenvalue weighted by atomic mass is 10.3. The Kier molecular flexibility index (Phi) is 6.51. The van der Waals surface area contributed by atoms with Gasteiger partial charge in [0.15, 0.2) is 0 Å². The maximum atomic E-state index is 8.71. The molecule has 0 aliphatic carbocycles. The first-order valence-electron chi connectivity index (χ1n) is 4.27. The number of aliphatic hydroxyl groups excluding tert-OH is 1. The number of nitrogens with two attached hydrogens (primary N) is 1. The summed E-state index contributed by atoms with van der Waals surface area (Å²) in [6, 6.07) is 0.508. The molecule has 0 aromatic heterocycles. The Bertz CT molecular complexity index is 86.2. The molecule has 0 spiro atoms. The van der Waals surface area contributed by atoms with Crippen LogP contribution in [0.3, 0.4) is 0 Å². The Balaban J connectivity index is 3.51. The Morgan fingerprint density at radius 3 is 2.36 bits per heavy atom. The van der Waals surface area contributed by atoms with Crippen LogP contribution in [0.25, 0.3) is 0 Å². The van der Waals surface area contributed by atoms with Gasteiger partial charge in [0, 0.05) is 12.6 Å². The van der Waals surface area contributed by atoms with Gasteiger partial charge in [0.25, 0.3) is 0 Å². The predicted octanol–water partition coefficient (Wildman–Crippen LogP) is 0.0379. The van der Waals surface area contributed by atoms with E-state index in [2.05, 4.69) is 18.7 Å². The molecule has 0 saturated carbocycles. The molecule has 0 aliphatic rings. The molecule has 0 unspecified atom stereocenters. The summed E-state index contributed by atoms with van der Waals surface area (Å²) < 4.78 is 0. The minimum absolute atomic E-state index is 0.239. The third kappa shape index (κ3) is 5.18. The topological polar surface area (TPSA) is 49.5 Å². The van der Waals surface area contributed by atoms with Crippen LogP contribution >= 0.6 is 0 Å². The summed E-state index contributed by atoms with van der Waals surface area (Å²) in [5.74, 6) is 0.